The summed E-state index contributed by atoms with van der Waals surface area (Å²) >= 11 is 0. The van der Waals surface area contributed by atoms with Crippen LogP contribution in [-0.2, 0) is 6.42 Å². The first-order valence-corrected chi connectivity index (χ1v) is 7.42. The van der Waals surface area contributed by atoms with Crippen LogP contribution in [0.15, 0.2) is 12.1 Å². The maximum absolute atomic E-state index is 5.87. The van der Waals surface area contributed by atoms with Crippen molar-refractivity contribution in [3.63, 3.8) is 0 Å². The van der Waals surface area contributed by atoms with Crippen LogP contribution in [0.3, 0.4) is 0 Å². The van der Waals surface area contributed by atoms with Crippen LogP contribution in [0.4, 0.5) is 0 Å². The summed E-state index contributed by atoms with van der Waals surface area (Å²) in [5, 5.41) is 0. The Labute approximate surface area is 118 Å². The van der Waals surface area contributed by atoms with E-state index in [0.29, 0.717) is 5.92 Å². The molecule has 0 spiro atoms. The largest absolute Gasteiger partial charge is 0.493 e. The van der Waals surface area contributed by atoms with Gasteiger partial charge in [-0.1, -0.05) is 19.9 Å². The highest BCUT2D eigenvalue weighted by molar-refractivity contribution is 5.41. The van der Waals surface area contributed by atoms with E-state index in [9.17, 15) is 0 Å². The molecule has 0 heterocycles. The molecular formula is C17H29NO. The van der Waals surface area contributed by atoms with Crippen molar-refractivity contribution in [1.82, 2.24) is 0 Å². The first-order valence-electron chi connectivity index (χ1n) is 7.42. The van der Waals surface area contributed by atoms with Crippen LogP contribution < -0.4 is 10.5 Å². The average molecular weight is 263 g/mol. The third-order valence-corrected chi connectivity index (χ3v) is 3.44. The number of hydrogen-bond acceptors (Lipinski definition) is 2. The van der Waals surface area contributed by atoms with Crippen molar-refractivity contribution in [2.45, 2.75) is 59.9 Å². The minimum atomic E-state index is 0.281. The third kappa shape index (κ3) is 5.23. The first kappa shape index (κ1) is 16.0. The Morgan fingerprint density at radius 2 is 1.84 bits per heavy atom. The Morgan fingerprint density at radius 3 is 2.42 bits per heavy atom. The molecule has 2 heteroatoms. The van der Waals surface area contributed by atoms with Crippen LogP contribution in [0.2, 0.25) is 0 Å². The maximum atomic E-state index is 5.87. The molecule has 0 aliphatic rings. The molecule has 0 aliphatic heterocycles. The molecule has 0 aliphatic carbocycles. The molecule has 2 atom stereocenters. The van der Waals surface area contributed by atoms with E-state index in [-0.39, 0.29) is 6.04 Å². The van der Waals surface area contributed by atoms with Crippen molar-refractivity contribution in [1.29, 1.82) is 0 Å². The van der Waals surface area contributed by atoms with Gasteiger partial charge in [-0.15, -0.1) is 0 Å². The first-order chi connectivity index (χ1) is 8.93. The molecule has 108 valence electrons. The van der Waals surface area contributed by atoms with Crippen molar-refractivity contribution >= 4 is 0 Å². The van der Waals surface area contributed by atoms with Gasteiger partial charge in [-0.2, -0.15) is 0 Å². The van der Waals surface area contributed by atoms with E-state index in [0.717, 1.165) is 31.6 Å². The molecule has 0 amide bonds. The minimum absolute atomic E-state index is 0.281. The van der Waals surface area contributed by atoms with Crippen molar-refractivity contribution in [2.75, 3.05) is 6.61 Å². The van der Waals surface area contributed by atoms with Gasteiger partial charge in [-0.05, 0) is 68.7 Å². The van der Waals surface area contributed by atoms with E-state index >= 15 is 0 Å². The molecule has 2 unspecified atom stereocenters. The number of nitrogens with two attached hydrogens (primary N) is 1. The monoisotopic (exact) mass is 263 g/mol. The van der Waals surface area contributed by atoms with Gasteiger partial charge in [0.25, 0.3) is 0 Å². The van der Waals surface area contributed by atoms with Gasteiger partial charge in [0.05, 0.1) is 6.61 Å². The Morgan fingerprint density at radius 1 is 1.16 bits per heavy atom. The maximum Gasteiger partial charge on any atom is 0.122 e. The van der Waals surface area contributed by atoms with Gasteiger partial charge in [0.1, 0.15) is 5.75 Å². The van der Waals surface area contributed by atoms with Crippen molar-refractivity contribution in [3.05, 3.63) is 28.8 Å². The second kappa shape index (κ2) is 7.54. The summed E-state index contributed by atoms with van der Waals surface area (Å²) in [6.45, 7) is 11.6. The summed E-state index contributed by atoms with van der Waals surface area (Å²) in [5.41, 5.74) is 9.86. The number of rotatable bonds is 7. The number of ether oxygens (including phenoxy) is 1. The summed E-state index contributed by atoms with van der Waals surface area (Å²) in [6.07, 6.45) is 3.22. The Hall–Kier alpha value is -1.02. The molecule has 0 saturated heterocycles. The highest BCUT2D eigenvalue weighted by Crippen LogP contribution is 2.25. The van der Waals surface area contributed by atoms with E-state index in [1.807, 2.05) is 0 Å². The number of benzene rings is 1. The van der Waals surface area contributed by atoms with Crippen LogP contribution in [-0.4, -0.2) is 12.6 Å². The predicted molar refractivity (Wildman–Crippen MR) is 82.8 cm³/mol. The van der Waals surface area contributed by atoms with Gasteiger partial charge in [0, 0.05) is 6.04 Å². The molecule has 0 bridgehead atoms. The lowest BCUT2D eigenvalue weighted by Crippen LogP contribution is -2.19. The van der Waals surface area contributed by atoms with Gasteiger partial charge in [-0.25, -0.2) is 0 Å². The molecule has 1 aromatic rings. The summed E-state index contributed by atoms with van der Waals surface area (Å²) in [6, 6.07) is 4.74. The lowest BCUT2D eigenvalue weighted by Gasteiger charge is -2.17. The zero-order chi connectivity index (χ0) is 14.4. The molecule has 19 heavy (non-hydrogen) atoms. The van der Waals surface area contributed by atoms with Gasteiger partial charge in [-0.3, -0.25) is 0 Å². The zero-order valence-corrected chi connectivity index (χ0v) is 13.1. The molecule has 0 radical (unpaired) electrons. The molecule has 0 saturated carbocycles. The van der Waals surface area contributed by atoms with Crippen LogP contribution in [0, 0.1) is 19.8 Å². The summed E-state index contributed by atoms with van der Waals surface area (Å²) in [7, 11) is 0. The van der Waals surface area contributed by atoms with Crippen molar-refractivity contribution in [3.8, 4) is 5.75 Å². The van der Waals surface area contributed by atoms with Crippen LogP contribution in [0.25, 0.3) is 0 Å². The summed E-state index contributed by atoms with van der Waals surface area (Å²) < 4.78 is 5.77. The van der Waals surface area contributed by atoms with E-state index in [1.165, 1.54) is 16.7 Å². The molecule has 2 N–H and O–H groups in total. The zero-order valence-electron chi connectivity index (χ0n) is 13.1. The van der Waals surface area contributed by atoms with E-state index in [1.54, 1.807) is 0 Å². The third-order valence-electron chi connectivity index (χ3n) is 3.44. The lowest BCUT2D eigenvalue weighted by atomic mass is 9.92. The fourth-order valence-corrected chi connectivity index (χ4v) is 2.53. The second-order valence-electron chi connectivity index (χ2n) is 5.91. The van der Waals surface area contributed by atoms with E-state index < -0.39 is 0 Å². The van der Waals surface area contributed by atoms with Crippen LogP contribution in [0.1, 0.15) is 50.3 Å². The minimum Gasteiger partial charge on any atom is -0.493 e. The molecule has 0 aromatic heterocycles. The van der Waals surface area contributed by atoms with E-state index in [2.05, 4.69) is 46.8 Å². The molecule has 0 fully saturated rings. The highest BCUT2D eigenvalue weighted by Gasteiger charge is 2.11. The van der Waals surface area contributed by atoms with Gasteiger partial charge < -0.3 is 10.5 Å². The van der Waals surface area contributed by atoms with Crippen molar-refractivity contribution < 1.29 is 4.74 Å². The Kier molecular flexibility index (Phi) is 6.36. The summed E-state index contributed by atoms with van der Waals surface area (Å²) in [4.78, 5) is 0. The van der Waals surface area contributed by atoms with Crippen LogP contribution >= 0.6 is 0 Å². The fourth-order valence-electron chi connectivity index (χ4n) is 2.53. The number of aryl methyl sites for hydroxylation is 2. The van der Waals surface area contributed by atoms with Gasteiger partial charge in [0.15, 0.2) is 0 Å². The second-order valence-corrected chi connectivity index (χ2v) is 5.91. The molecule has 2 nitrogen and oxygen atoms in total. The van der Waals surface area contributed by atoms with E-state index in [4.69, 9.17) is 10.5 Å². The molecule has 1 rings (SSSR count). The fraction of sp³-hybridized carbons (Fsp3) is 0.647. The van der Waals surface area contributed by atoms with Gasteiger partial charge in [0.2, 0.25) is 0 Å². The SMILES string of the molecule is CCCOc1cc(C)c(CC(C)CC(C)N)cc1C. The van der Waals surface area contributed by atoms with Crippen LogP contribution in [0.5, 0.6) is 5.75 Å². The molecule has 1 aromatic carbocycles. The molecular weight excluding hydrogens is 234 g/mol. The standard InChI is InChI=1S/C17H29NO/c1-6-7-19-17-11-13(3)16(10-14(17)4)9-12(2)8-15(5)18/h10-12,15H,6-9,18H2,1-5H3. The Balaban J connectivity index is 2.77. The quantitative estimate of drug-likeness (QED) is 0.806. The Bertz CT molecular complexity index is 398. The smallest absolute Gasteiger partial charge is 0.122 e. The average Bonchev–Trinajstić information content (AvgIpc) is 2.30. The predicted octanol–water partition coefficient (Wildman–Crippen LogP) is 4.01. The topological polar surface area (TPSA) is 35.2 Å². The highest BCUT2D eigenvalue weighted by atomic mass is 16.5. The normalized spacial score (nSPS) is 14.2. The van der Waals surface area contributed by atoms with Gasteiger partial charge >= 0.3 is 0 Å². The lowest BCUT2D eigenvalue weighted by molar-refractivity contribution is 0.315. The van der Waals surface area contributed by atoms with Crippen molar-refractivity contribution in [2.24, 2.45) is 11.7 Å². The number of hydrogen-bond donors (Lipinski definition) is 1. The summed E-state index contributed by atoms with van der Waals surface area (Å²) in [5.74, 6) is 1.66.